The number of anilines is 1. The van der Waals surface area contributed by atoms with Gasteiger partial charge in [-0.3, -0.25) is 0 Å². The number of pyridine rings is 1. The van der Waals surface area contributed by atoms with Crippen LogP contribution in [-0.2, 0) is 0 Å². The molecule has 0 atom stereocenters. The van der Waals surface area contributed by atoms with Gasteiger partial charge in [-0.1, -0.05) is 11.6 Å². The minimum atomic E-state index is 0.433. The van der Waals surface area contributed by atoms with Crippen LogP contribution in [0.1, 0.15) is 5.56 Å². The van der Waals surface area contributed by atoms with E-state index in [1.807, 2.05) is 13.0 Å². The van der Waals surface area contributed by atoms with Crippen molar-refractivity contribution in [2.24, 2.45) is 0 Å². The number of nitrogens with two attached hydrogens (primary N) is 1. The standard InChI is InChI=1S/C10H7ClN4S/c1-4-6-5-2-3-13-9(12)7(5)16-10(6)15-14-8(4)11/h2-3H,1H3,(H2,12,13). The quantitative estimate of drug-likeness (QED) is 0.666. The lowest BCUT2D eigenvalue weighted by atomic mass is 10.1. The van der Waals surface area contributed by atoms with Gasteiger partial charge in [-0.25, -0.2) is 4.98 Å². The third-order valence-electron chi connectivity index (χ3n) is 2.53. The molecule has 0 spiro atoms. The van der Waals surface area contributed by atoms with E-state index >= 15 is 0 Å². The number of hydrogen-bond acceptors (Lipinski definition) is 5. The minimum Gasteiger partial charge on any atom is -0.383 e. The molecule has 0 bridgehead atoms. The van der Waals surface area contributed by atoms with E-state index in [1.165, 1.54) is 11.3 Å². The van der Waals surface area contributed by atoms with Crippen molar-refractivity contribution >= 4 is 49.1 Å². The lowest BCUT2D eigenvalue weighted by Gasteiger charge is -1.98. The second-order valence-corrected chi connectivity index (χ2v) is 4.83. The Kier molecular flexibility index (Phi) is 1.99. The summed E-state index contributed by atoms with van der Waals surface area (Å²) < 4.78 is 0.942. The van der Waals surface area contributed by atoms with E-state index in [4.69, 9.17) is 17.3 Å². The summed E-state index contributed by atoms with van der Waals surface area (Å²) in [5.41, 5.74) is 6.76. The Labute approximate surface area is 100 Å². The summed E-state index contributed by atoms with van der Waals surface area (Å²) >= 11 is 7.46. The Morgan fingerprint density at radius 1 is 1.38 bits per heavy atom. The number of hydrogen-bond donors (Lipinski definition) is 1. The number of rotatable bonds is 0. The molecule has 0 saturated carbocycles. The highest BCUT2D eigenvalue weighted by atomic mass is 35.5. The average Bonchev–Trinajstić information content (AvgIpc) is 2.64. The summed E-state index contributed by atoms with van der Waals surface area (Å²) in [7, 11) is 0. The molecule has 0 unspecified atom stereocenters. The monoisotopic (exact) mass is 250 g/mol. The molecule has 80 valence electrons. The van der Waals surface area contributed by atoms with Gasteiger partial charge in [0.05, 0.1) is 4.70 Å². The first kappa shape index (κ1) is 9.74. The van der Waals surface area contributed by atoms with Gasteiger partial charge in [0.1, 0.15) is 10.6 Å². The normalized spacial score (nSPS) is 11.4. The lowest BCUT2D eigenvalue weighted by molar-refractivity contribution is 1.07. The zero-order valence-corrected chi connectivity index (χ0v) is 9.93. The molecule has 3 heterocycles. The first-order chi connectivity index (χ1) is 7.68. The molecule has 3 rings (SSSR count). The SMILES string of the molecule is Cc1c(Cl)nnc2sc3c(N)nccc3c12. The van der Waals surface area contributed by atoms with E-state index in [0.29, 0.717) is 11.0 Å². The highest BCUT2D eigenvalue weighted by Crippen LogP contribution is 2.37. The van der Waals surface area contributed by atoms with Crippen LogP contribution in [0.25, 0.3) is 20.3 Å². The van der Waals surface area contributed by atoms with Crippen LogP contribution in [0, 0.1) is 6.92 Å². The molecule has 0 fully saturated rings. The fourth-order valence-electron chi connectivity index (χ4n) is 1.73. The first-order valence-corrected chi connectivity index (χ1v) is 5.83. The first-order valence-electron chi connectivity index (χ1n) is 4.64. The molecule has 4 nitrogen and oxygen atoms in total. The van der Waals surface area contributed by atoms with E-state index in [1.54, 1.807) is 6.20 Å². The number of thiophene rings is 1. The molecule has 0 amide bonds. The van der Waals surface area contributed by atoms with Crippen molar-refractivity contribution in [1.82, 2.24) is 15.2 Å². The van der Waals surface area contributed by atoms with Gasteiger partial charge in [0.15, 0.2) is 5.15 Å². The number of nitrogen functional groups attached to an aromatic ring is 1. The zero-order chi connectivity index (χ0) is 11.3. The van der Waals surface area contributed by atoms with Crippen LogP contribution in [0.3, 0.4) is 0 Å². The van der Waals surface area contributed by atoms with Crippen LogP contribution >= 0.6 is 22.9 Å². The van der Waals surface area contributed by atoms with E-state index in [2.05, 4.69) is 15.2 Å². The molecular formula is C10H7ClN4S. The van der Waals surface area contributed by atoms with Crippen molar-refractivity contribution in [3.63, 3.8) is 0 Å². The van der Waals surface area contributed by atoms with Gasteiger partial charge < -0.3 is 5.73 Å². The Morgan fingerprint density at radius 2 is 2.19 bits per heavy atom. The zero-order valence-electron chi connectivity index (χ0n) is 8.36. The summed E-state index contributed by atoms with van der Waals surface area (Å²) in [6.07, 6.45) is 1.69. The molecule has 0 radical (unpaired) electrons. The number of aromatic nitrogens is 3. The smallest absolute Gasteiger partial charge is 0.155 e. The second kappa shape index (κ2) is 3.26. The summed E-state index contributed by atoms with van der Waals surface area (Å²) in [5.74, 6) is 0.524. The summed E-state index contributed by atoms with van der Waals surface area (Å²) in [6.45, 7) is 1.93. The number of aryl methyl sites for hydroxylation is 1. The van der Waals surface area contributed by atoms with Gasteiger partial charge in [-0.2, -0.15) is 0 Å². The van der Waals surface area contributed by atoms with Gasteiger partial charge in [0, 0.05) is 17.0 Å². The number of halogens is 1. The Bertz CT molecular complexity index is 707. The maximum absolute atomic E-state index is 5.97. The van der Waals surface area contributed by atoms with Gasteiger partial charge in [-0.05, 0) is 18.6 Å². The van der Waals surface area contributed by atoms with E-state index in [9.17, 15) is 0 Å². The third-order valence-corrected chi connectivity index (χ3v) is 4.00. The topological polar surface area (TPSA) is 64.7 Å². The van der Waals surface area contributed by atoms with Crippen molar-refractivity contribution < 1.29 is 0 Å². The summed E-state index contributed by atoms with van der Waals surface area (Å²) in [6, 6.07) is 1.93. The molecule has 3 aromatic rings. The van der Waals surface area contributed by atoms with Crippen LogP contribution in [0.4, 0.5) is 5.82 Å². The van der Waals surface area contributed by atoms with E-state index in [-0.39, 0.29) is 0 Å². The number of nitrogens with zero attached hydrogens (tertiary/aromatic N) is 3. The molecule has 0 aromatic carbocycles. The molecule has 6 heteroatoms. The van der Waals surface area contributed by atoms with Crippen molar-refractivity contribution in [3.05, 3.63) is 23.0 Å². The van der Waals surface area contributed by atoms with Crippen molar-refractivity contribution in [1.29, 1.82) is 0 Å². The fourth-order valence-corrected chi connectivity index (χ4v) is 2.94. The molecule has 0 aliphatic carbocycles. The summed E-state index contributed by atoms with van der Waals surface area (Å²) in [4.78, 5) is 4.91. The van der Waals surface area contributed by atoms with E-state index < -0.39 is 0 Å². The van der Waals surface area contributed by atoms with Crippen molar-refractivity contribution in [2.45, 2.75) is 6.92 Å². The Hall–Kier alpha value is -1.46. The van der Waals surface area contributed by atoms with Crippen molar-refractivity contribution in [3.8, 4) is 0 Å². The van der Waals surface area contributed by atoms with Gasteiger partial charge >= 0.3 is 0 Å². The van der Waals surface area contributed by atoms with Crippen LogP contribution in [0.5, 0.6) is 0 Å². The largest absolute Gasteiger partial charge is 0.383 e. The average molecular weight is 251 g/mol. The van der Waals surface area contributed by atoms with Gasteiger partial charge in [-0.15, -0.1) is 21.5 Å². The lowest BCUT2D eigenvalue weighted by Crippen LogP contribution is -1.88. The predicted octanol–water partition coefficient (Wildman–Crippen LogP) is 2.78. The van der Waals surface area contributed by atoms with Crippen molar-refractivity contribution in [2.75, 3.05) is 5.73 Å². The maximum atomic E-state index is 5.97. The second-order valence-electron chi connectivity index (χ2n) is 3.47. The highest BCUT2D eigenvalue weighted by Gasteiger charge is 2.13. The molecule has 0 aliphatic rings. The molecule has 0 saturated heterocycles. The van der Waals surface area contributed by atoms with Crippen LogP contribution < -0.4 is 5.73 Å². The molecule has 0 aliphatic heterocycles. The predicted molar refractivity (Wildman–Crippen MR) is 66.9 cm³/mol. The maximum Gasteiger partial charge on any atom is 0.155 e. The molecule has 3 aromatic heterocycles. The van der Waals surface area contributed by atoms with Crippen LogP contribution in [0.2, 0.25) is 5.15 Å². The Morgan fingerprint density at radius 3 is 3.00 bits per heavy atom. The van der Waals surface area contributed by atoms with Gasteiger partial charge in [0.25, 0.3) is 0 Å². The highest BCUT2D eigenvalue weighted by molar-refractivity contribution is 7.26. The molecule has 2 N–H and O–H groups in total. The van der Waals surface area contributed by atoms with Crippen LogP contribution in [0.15, 0.2) is 12.3 Å². The fraction of sp³-hybridized carbons (Fsp3) is 0.100. The minimum absolute atomic E-state index is 0.433. The molecular weight excluding hydrogens is 244 g/mol. The Balaban J connectivity index is 2.63. The number of fused-ring (bicyclic) bond motifs is 3. The third kappa shape index (κ3) is 1.19. The summed E-state index contributed by atoms with van der Waals surface area (Å²) in [5, 5.41) is 10.5. The van der Waals surface area contributed by atoms with E-state index in [0.717, 1.165) is 25.9 Å². The molecule has 16 heavy (non-hydrogen) atoms. The van der Waals surface area contributed by atoms with Crippen LogP contribution in [-0.4, -0.2) is 15.2 Å². The van der Waals surface area contributed by atoms with Gasteiger partial charge in [0.2, 0.25) is 0 Å².